The number of nitrogens with one attached hydrogen (secondary N) is 1. The molecule has 0 saturated heterocycles. The van der Waals surface area contributed by atoms with Gasteiger partial charge in [-0.05, 0) is 24.3 Å². The van der Waals surface area contributed by atoms with Gasteiger partial charge in [0.15, 0.2) is 0 Å². The molecule has 1 aromatic carbocycles. The van der Waals surface area contributed by atoms with Crippen LogP contribution in [0.4, 0.5) is 17.1 Å². The zero-order valence-electron chi connectivity index (χ0n) is 9.27. The van der Waals surface area contributed by atoms with Gasteiger partial charge in [-0.15, -0.1) is 0 Å². The summed E-state index contributed by atoms with van der Waals surface area (Å²) in [5.41, 5.74) is 7.89. The lowest BCUT2D eigenvalue weighted by molar-refractivity contribution is 0.417. The van der Waals surface area contributed by atoms with Crippen molar-refractivity contribution in [2.75, 3.05) is 18.2 Å². The Morgan fingerprint density at radius 3 is 2.82 bits per heavy atom. The van der Waals surface area contributed by atoms with Crippen LogP contribution in [0.1, 0.15) is 0 Å². The van der Waals surface area contributed by atoms with E-state index in [9.17, 15) is 0 Å². The number of halogens is 1. The number of pyridine rings is 1. The smallest absolute Gasteiger partial charge is 0.142 e. The van der Waals surface area contributed by atoms with Gasteiger partial charge in [0, 0.05) is 11.2 Å². The quantitative estimate of drug-likeness (QED) is 0.878. The van der Waals surface area contributed by atoms with Crippen molar-refractivity contribution in [1.82, 2.24) is 4.98 Å². The summed E-state index contributed by atoms with van der Waals surface area (Å²) >= 11 is 5.94. The summed E-state index contributed by atoms with van der Waals surface area (Å²) in [6.45, 7) is 0. The van der Waals surface area contributed by atoms with Crippen molar-refractivity contribution in [3.05, 3.63) is 41.7 Å². The van der Waals surface area contributed by atoms with Crippen molar-refractivity contribution in [1.29, 1.82) is 0 Å². The second-order valence-electron chi connectivity index (χ2n) is 3.43. The predicted octanol–water partition coefficient (Wildman–Crippen LogP) is 3.07. The van der Waals surface area contributed by atoms with E-state index in [-0.39, 0.29) is 0 Å². The lowest BCUT2D eigenvalue weighted by Crippen LogP contribution is -1.98. The van der Waals surface area contributed by atoms with Gasteiger partial charge < -0.3 is 15.8 Å². The molecule has 0 amide bonds. The fraction of sp³-hybridized carbons (Fsp3) is 0.0833. The maximum atomic E-state index is 5.94. The number of ether oxygens (including phenoxy) is 1. The third kappa shape index (κ3) is 2.60. The molecule has 0 bridgehead atoms. The second-order valence-corrected chi connectivity index (χ2v) is 3.87. The molecule has 0 atom stereocenters. The number of anilines is 3. The van der Waals surface area contributed by atoms with Gasteiger partial charge in [0.25, 0.3) is 0 Å². The summed E-state index contributed by atoms with van der Waals surface area (Å²) in [6.07, 6.45) is 3.25. The topological polar surface area (TPSA) is 60.2 Å². The first-order valence-corrected chi connectivity index (χ1v) is 5.38. The zero-order chi connectivity index (χ0) is 12.3. The predicted molar refractivity (Wildman–Crippen MR) is 69.9 cm³/mol. The van der Waals surface area contributed by atoms with E-state index < -0.39 is 0 Å². The highest BCUT2D eigenvalue weighted by Crippen LogP contribution is 2.31. The largest absolute Gasteiger partial charge is 0.495 e. The lowest BCUT2D eigenvalue weighted by atomic mass is 10.2. The van der Waals surface area contributed by atoms with Crippen LogP contribution in [0.15, 0.2) is 36.7 Å². The van der Waals surface area contributed by atoms with Gasteiger partial charge in [-0.3, -0.25) is 4.98 Å². The van der Waals surface area contributed by atoms with Gasteiger partial charge in [0.1, 0.15) is 5.75 Å². The number of benzene rings is 1. The standard InChI is InChI=1S/C12H12ClN3O/c1-17-12-3-2-8(13)6-11(12)16-10-4-5-15-7-9(10)14/h2-7H,14H2,1H3,(H,15,16). The third-order valence-electron chi connectivity index (χ3n) is 2.28. The molecule has 0 aliphatic carbocycles. The molecule has 2 aromatic rings. The van der Waals surface area contributed by atoms with Crippen LogP contribution in [-0.2, 0) is 0 Å². The van der Waals surface area contributed by atoms with E-state index in [2.05, 4.69) is 10.3 Å². The van der Waals surface area contributed by atoms with E-state index in [0.717, 1.165) is 11.4 Å². The summed E-state index contributed by atoms with van der Waals surface area (Å²) in [5, 5.41) is 3.78. The molecule has 0 radical (unpaired) electrons. The van der Waals surface area contributed by atoms with Crippen LogP contribution in [0.2, 0.25) is 5.02 Å². The number of nitrogen functional groups attached to an aromatic ring is 1. The Bertz CT molecular complexity index is 531. The molecule has 17 heavy (non-hydrogen) atoms. The molecule has 0 aliphatic heterocycles. The van der Waals surface area contributed by atoms with Crippen molar-refractivity contribution in [3.8, 4) is 5.75 Å². The van der Waals surface area contributed by atoms with Crippen LogP contribution in [0, 0.1) is 0 Å². The number of hydrogen-bond donors (Lipinski definition) is 2. The molecule has 5 heteroatoms. The minimum absolute atomic E-state index is 0.564. The van der Waals surface area contributed by atoms with Gasteiger partial charge in [-0.25, -0.2) is 0 Å². The molecular formula is C12H12ClN3O. The van der Waals surface area contributed by atoms with E-state index in [0.29, 0.717) is 16.5 Å². The molecule has 88 valence electrons. The Kier molecular flexibility index (Phi) is 3.35. The number of methoxy groups -OCH3 is 1. The maximum absolute atomic E-state index is 5.94. The molecule has 0 saturated carbocycles. The number of hydrogen-bond acceptors (Lipinski definition) is 4. The van der Waals surface area contributed by atoms with E-state index in [1.807, 2.05) is 0 Å². The van der Waals surface area contributed by atoms with E-state index in [1.165, 1.54) is 0 Å². The highest BCUT2D eigenvalue weighted by Gasteiger charge is 2.05. The van der Waals surface area contributed by atoms with Crippen molar-refractivity contribution >= 4 is 28.7 Å². The third-order valence-corrected chi connectivity index (χ3v) is 2.52. The van der Waals surface area contributed by atoms with Crippen molar-refractivity contribution < 1.29 is 4.74 Å². The molecule has 0 fully saturated rings. The van der Waals surface area contributed by atoms with Crippen molar-refractivity contribution in [2.45, 2.75) is 0 Å². The maximum Gasteiger partial charge on any atom is 0.142 e. The van der Waals surface area contributed by atoms with Crippen LogP contribution in [0.3, 0.4) is 0 Å². The van der Waals surface area contributed by atoms with E-state index >= 15 is 0 Å². The molecule has 1 heterocycles. The van der Waals surface area contributed by atoms with Gasteiger partial charge in [0.2, 0.25) is 0 Å². The highest BCUT2D eigenvalue weighted by atomic mass is 35.5. The summed E-state index contributed by atoms with van der Waals surface area (Å²) in [7, 11) is 1.60. The molecule has 0 unspecified atom stereocenters. The monoisotopic (exact) mass is 249 g/mol. The normalized spacial score (nSPS) is 10.0. The van der Waals surface area contributed by atoms with E-state index in [4.69, 9.17) is 22.1 Å². The van der Waals surface area contributed by atoms with E-state index in [1.54, 1.807) is 43.8 Å². The average Bonchev–Trinajstić information content (AvgIpc) is 2.32. The minimum atomic E-state index is 0.564. The van der Waals surface area contributed by atoms with Gasteiger partial charge in [0.05, 0.1) is 30.4 Å². The Hall–Kier alpha value is -1.94. The molecule has 0 spiro atoms. The molecule has 2 rings (SSSR count). The minimum Gasteiger partial charge on any atom is -0.495 e. The summed E-state index contributed by atoms with van der Waals surface area (Å²) in [5.74, 6) is 0.700. The number of aromatic nitrogens is 1. The Labute approximate surface area is 104 Å². The fourth-order valence-electron chi connectivity index (χ4n) is 1.44. The zero-order valence-corrected chi connectivity index (χ0v) is 10.0. The van der Waals surface area contributed by atoms with Gasteiger partial charge in [-0.2, -0.15) is 0 Å². The Morgan fingerprint density at radius 2 is 2.12 bits per heavy atom. The first-order chi connectivity index (χ1) is 8.20. The summed E-state index contributed by atoms with van der Waals surface area (Å²) < 4.78 is 5.23. The molecule has 1 aromatic heterocycles. The van der Waals surface area contributed by atoms with Crippen LogP contribution in [-0.4, -0.2) is 12.1 Å². The number of nitrogens with zero attached hydrogens (tertiary/aromatic N) is 1. The highest BCUT2D eigenvalue weighted by molar-refractivity contribution is 6.31. The number of rotatable bonds is 3. The van der Waals surface area contributed by atoms with Crippen molar-refractivity contribution in [2.24, 2.45) is 0 Å². The van der Waals surface area contributed by atoms with Crippen molar-refractivity contribution in [3.63, 3.8) is 0 Å². The molecule has 3 N–H and O–H groups in total. The molecule has 0 aliphatic rings. The van der Waals surface area contributed by atoms with Crippen LogP contribution in [0.5, 0.6) is 5.75 Å². The SMILES string of the molecule is COc1ccc(Cl)cc1Nc1ccncc1N. The Morgan fingerprint density at radius 1 is 1.29 bits per heavy atom. The first kappa shape index (κ1) is 11.5. The lowest BCUT2D eigenvalue weighted by Gasteiger charge is -2.12. The van der Waals surface area contributed by atoms with Gasteiger partial charge in [-0.1, -0.05) is 11.6 Å². The van der Waals surface area contributed by atoms with Gasteiger partial charge >= 0.3 is 0 Å². The van der Waals surface area contributed by atoms with Crippen LogP contribution < -0.4 is 15.8 Å². The summed E-state index contributed by atoms with van der Waals surface area (Å²) in [6, 6.07) is 7.12. The Balaban J connectivity index is 2.35. The molecular weight excluding hydrogens is 238 g/mol. The van der Waals surface area contributed by atoms with Crippen LogP contribution >= 0.6 is 11.6 Å². The first-order valence-electron chi connectivity index (χ1n) is 5.01. The second kappa shape index (κ2) is 4.93. The fourth-order valence-corrected chi connectivity index (χ4v) is 1.62. The summed E-state index contributed by atoms with van der Waals surface area (Å²) in [4.78, 5) is 3.92. The number of nitrogens with two attached hydrogens (primary N) is 1. The molecule has 4 nitrogen and oxygen atoms in total. The van der Waals surface area contributed by atoms with Crippen LogP contribution in [0.25, 0.3) is 0 Å². The average molecular weight is 250 g/mol.